The number of rotatable bonds is 3. The minimum atomic E-state index is -2.37. The lowest BCUT2D eigenvalue weighted by Crippen LogP contribution is -2.57. The van der Waals surface area contributed by atoms with Gasteiger partial charge in [-0.15, -0.1) is 0 Å². The Balaban J connectivity index is 2.73. The Hall–Kier alpha value is -0.550. The molecule has 0 aromatic rings. The molecule has 3 atom stereocenters. The molecule has 0 aromatic carbocycles. The summed E-state index contributed by atoms with van der Waals surface area (Å²) in [5.74, 6) is -0.721. The van der Waals surface area contributed by atoms with E-state index in [0.717, 1.165) is 0 Å². The zero-order chi connectivity index (χ0) is 13.2. The lowest BCUT2D eigenvalue weighted by Gasteiger charge is -2.37. The van der Waals surface area contributed by atoms with Crippen LogP contribution in [0.15, 0.2) is 0 Å². The number of ether oxygens (including phenoxy) is 1. The van der Waals surface area contributed by atoms with Gasteiger partial charge in [-0.2, -0.15) is 0 Å². The van der Waals surface area contributed by atoms with Crippen LogP contribution in [0.5, 0.6) is 0 Å². The molecule has 0 aromatic heterocycles. The summed E-state index contributed by atoms with van der Waals surface area (Å²) in [6.45, 7) is 5.64. The summed E-state index contributed by atoms with van der Waals surface area (Å²) in [7, 11) is 1.46. The third-order valence-corrected chi connectivity index (χ3v) is 3.19. The molecular formula is C12H21F2NO2. The normalized spacial score (nSPS) is 30.6. The fourth-order valence-electron chi connectivity index (χ4n) is 2.08. The molecule has 0 spiro atoms. The quantitative estimate of drug-likeness (QED) is 0.829. The van der Waals surface area contributed by atoms with Crippen molar-refractivity contribution in [2.45, 2.75) is 45.8 Å². The second-order valence-corrected chi connectivity index (χ2v) is 5.60. The van der Waals surface area contributed by atoms with Gasteiger partial charge in [-0.3, -0.25) is 4.79 Å². The Kier molecular flexibility index (Phi) is 4.61. The Morgan fingerprint density at radius 1 is 1.41 bits per heavy atom. The van der Waals surface area contributed by atoms with E-state index in [-0.39, 0.29) is 18.7 Å². The first-order valence-electron chi connectivity index (χ1n) is 5.86. The van der Waals surface area contributed by atoms with Crippen LogP contribution in [0.25, 0.3) is 0 Å². The van der Waals surface area contributed by atoms with Crippen LogP contribution >= 0.6 is 0 Å². The fraction of sp³-hybridized carbons (Fsp3) is 0.917. The van der Waals surface area contributed by atoms with Crippen LogP contribution in [0.3, 0.4) is 0 Å². The SMILES string of the molecule is COC1CC(C(F)F)CNC1C(=O)C(C)(C)C. The number of nitrogens with one attached hydrogen (secondary N) is 1. The van der Waals surface area contributed by atoms with Crippen LogP contribution in [0.1, 0.15) is 27.2 Å². The highest BCUT2D eigenvalue weighted by molar-refractivity contribution is 5.89. The third-order valence-electron chi connectivity index (χ3n) is 3.19. The predicted molar refractivity (Wildman–Crippen MR) is 61.2 cm³/mol. The Bertz CT molecular complexity index is 276. The standard InChI is InChI=1S/C12H21F2NO2/c1-12(2,3)10(16)9-8(17-4)5-7(6-15-9)11(13)14/h7-9,11,15H,5-6H2,1-4H3. The number of methoxy groups -OCH3 is 1. The smallest absolute Gasteiger partial charge is 0.242 e. The molecule has 0 bridgehead atoms. The van der Waals surface area contributed by atoms with Crippen LogP contribution in [0.2, 0.25) is 0 Å². The van der Waals surface area contributed by atoms with E-state index in [0.29, 0.717) is 0 Å². The van der Waals surface area contributed by atoms with Gasteiger partial charge in [0.05, 0.1) is 12.1 Å². The first-order chi connectivity index (χ1) is 7.77. The van der Waals surface area contributed by atoms with Crippen LogP contribution in [-0.2, 0) is 9.53 Å². The molecule has 1 heterocycles. The molecule has 100 valence electrons. The zero-order valence-electron chi connectivity index (χ0n) is 10.8. The van der Waals surface area contributed by atoms with Crippen molar-refractivity contribution in [3.05, 3.63) is 0 Å². The van der Waals surface area contributed by atoms with Gasteiger partial charge in [-0.1, -0.05) is 20.8 Å². The van der Waals surface area contributed by atoms with E-state index in [9.17, 15) is 13.6 Å². The van der Waals surface area contributed by atoms with Crippen molar-refractivity contribution in [1.82, 2.24) is 5.32 Å². The number of halogens is 2. The Labute approximate surface area is 101 Å². The molecule has 1 fully saturated rings. The van der Waals surface area contributed by atoms with Gasteiger partial charge in [0.2, 0.25) is 6.43 Å². The molecule has 17 heavy (non-hydrogen) atoms. The van der Waals surface area contributed by atoms with Crippen molar-refractivity contribution in [2.24, 2.45) is 11.3 Å². The maximum absolute atomic E-state index is 12.6. The lowest BCUT2D eigenvalue weighted by atomic mass is 9.80. The minimum absolute atomic E-state index is 0.0112. The number of ketones is 1. The minimum Gasteiger partial charge on any atom is -0.379 e. The molecule has 1 rings (SSSR count). The van der Waals surface area contributed by atoms with Gasteiger partial charge in [0.1, 0.15) is 0 Å². The van der Waals surface area contributed by atoms with Gasteiger partial charge >= 0.3 is 0 Å². The van der Waals surface area contributed by atoms with Crippen molar-refractivity contribution >= 4 is 5.78 Å². The van der Waals surface area contributed by atoms with E-state index in [2.05, 4.69) is 5.32 Å². The number of carbonyl (C=O) groups excluding carboxylic acids is 1. The molecule has 1 aliphatic heterocycles. The third kappa shape index (κ3) is 3.45. The van der Waals surface area contributed by atoms with E-state index in [1.807, 2.05) is 20.8 Å². The lowest BCUT2D eigenvalue weighted by molar-refractivity contribution is -0.134. The van der Waals surface area contributed by atoms with E-state index in [1.165, 1.54) is 7.11 Å². The molecule has 5 heteroatoms. The molecular weight excluding hydrogens is 228 g/mol. The van der Waals surface area contributed by atoms with Gasteiger partial charge < -0.3 is 10.1 Å². The van der Waals surface area contributed by atoms with Gasteiger partial charge in [0, 0.05) is 25.0 Å². The summed E-state index contributed by atoms with van der Waals surface area (Å²) in [5, 5.41) is 2.90. The maximum Gasteiger partial charge on any atom is 0.242 e. The highest BCUT2D eigenvalue weighted by Gasteiger charge is 2.41. The van der Waals surface area contributed by atoms with Crippen LogP contribution in [0.4, 0.5) is 8.78 Å². The molecule has 3 nitrogen and oxygen atoms in total. The maximum atomic E-state index is 12.6. The average Bonchev–Trinajstić information content (AvgIpc) is 2.25. The van der Waals surface area contributed by atoms with E-state index in [1.54, 1.807) is 0 Å². The first kappa shape index (κ1) is 14.5. The van der Waals surface area contributed by atoms with Gasteiger partial charge in [0.25, 0.3) is 0 Å². The van der Waals surface area contributed by atoms with E-state index < -0.39 is 29.9 Å². The number of Topliss-reactive ketones (excluding diaryl/α,β-unsaturated/α-hetero) is 1. The summed E-state index contributed by atoms with van der Waals surface area (Å²) in [6.07, 6.45) is -2.60. The van der Waals surface area contributed by atoms with Crippen molar-refractivity contribution in [3.8, 4) is 0 Å². The predicted octanol–water partition coefficient (Wildman–Crippen LogP) is 1.86. The van der Waals surface area contributed by atoms with Crippen molar-refractivity contribution in [3.63, 3.8) is 0 Å². The van der Waals surface area contributed by atoms with Gasteiger partial charge in [0.15, 0.2) is 5.78 Å². The zero-order valence-corrected chi connectivity index (χ0v) is 10.8. The second-order valence-electron chi connectivity index (χ2n) is 5.60. The molecule has 1 N–H and O–H groups in total. The second kappa shape index (κ2) is 5.40. The number of hydrogen-bond acceptors (Lipinski definition) is 3. The Morgan fingerprint density at radius 3 is 2.41 bits per heavy atom. The number of carbonyl (C=O) groups is 1. The van der Waals surface area contributed by atoms with Crippen molar-refractivity contribution in [1.29, 1.82) is 0 Å². The summed E-state index contributed by atoms with van der Waals surface area (Å²) < 4.78 is 30.4. The van der Waals surface area contributed by atoms with Crippen LogP contribution < -0.4 is 5.32 Å². The number of alkyl halides is 2. The summed E-state index contributed by atoms with van der Waals surface area (Å²) >= 11 is 0. The monoisotopic (exact) mass is 249 g/mol. The molecule has 0 amide bonds. The van der Waals surface area contributed by atoms with Crippen molar-refractivity contribution in [2.75, 3.05) is 13.7 Å². The Morgan fingerprint density at radius 2 is 2.00 bits per heavy atom. The molecule has 0 radical (unpaired) electrons. The number of piperidine rings is 1. The van der Waals surface area contributed by atoms with Crippen molar-refractivity contribution < 1.29 is 18.3 Å². The van der Waals surface area contributed by atoms with E-state index in [4.69, 9.17) is 4.74 Å². The summed E-state index contributed by atoms with van der Waals surface area (Å²) in [4.78, 5) is 12.1. The summed E-state index contributed by atoms with van der Waals surface area (Å²) in [6, 6.07) is -0.477. The molecule has 1 aliphatic rings. The van der Waals surface area contributed by atoms with E-state index >= 15 is 0 Å². The van der Waals surface area contributed by atoms with Crippen LogP contribution in [0, 0.1) is 11.3 Å². The first-order valence-corrected chi connectivity index (χ1v) is 5.86. The highest BCUT2D eigenvalue weighted by atomic mass is 19.3. The average molecular weight is 249 g/mol. The fourth-order valence-corrected chi connectivity index (χ4v) is 2.08. The molecule has 0 aliphatic carbocycles. The van der Waals surface area contributed by atoms with Gasteiger partial charge in [-0.05, 0) is 6.42 Å². The van der Waals surface area contributed by atoms with Crippen LogP contribution in [-0.4, -0.2) is 38.0 Å². The van der Waals surface area contributed by atoms with Gasteiger partial charge in [-0.25, -0.2) is 8.78 Å². The summed E-state index contributed by atoms with van der Waals surface area (Å²) in [5.41, 5.74) is -0.494. The molecule has 0 saturated carbocycles. The highest BCUT2D eigenvalue weighted by Crippen LogP contribution is 2.27. The molecule has 3 unspecified atom stereocenters. The topological polar surface area (TPSA) is 38.3 Å². The number of hydrogen-bond donors (Lipinski definition) is 1. The largest absolute Gasteiger partial charge is 0.379 e. The molecule has 1 saturated heterocycles.